The van der Waals surface area contributed by atoms with Gasteiger partial charge in [-0.3, -0.25) is 4.98 Å². The molecule has 1 aromatic carbocycles. The van der Waals surface area contributed by atoms with Crippen molar-refractivity contribution in [3.63, 3.8) is 0 Å². The highest BCUT2D eigenvalue weighted by molar-refractivity contribution is 6.00. The highest BCUT2D eigenvalue weighted by Crippen LogP contribution is 2.29. The average molecular weight is 367 g/mol. The van der Waals surface area contributed by atoms with Gasteiger partial charge in [-0.2, -0.15) is 4.98 Å². The Hall–Kier alpha value is -3.16. The predicted molar refractivity (Wildman–Crippen MR) is 99.9 cm³/mol. The molecule has 0 aliphatic carbocycles. The molecule has 3 heterocycles. The number of fused-ring (bicyclic) bond motifs is 1. The number of aromatic nitrogens is 3. The molecule has 1 saturated heterocycles. The number of likely N-dealkylation sites (tertiary alicyclic amines) is 1. The molecule has 27 heavy (non-hydrogen) atoms. The van der Waals surface area contributed by atoms with Crippen molar-refractivity contribution in [2.24, 2.45) is 0 Å². The number of benzene rings is 1. The predicted octanol–water partition coefficient (Wildman–Crippen LogP) is 3.35. The summed E-state index contributed by atoms with van der Waals surface area (Å²) in [6, 6.07) is 7.32. The fourth-order valence-corrected chi connectivity index (χ4v) is 3.43. The average Bonchev–Trinajstić information content (AvgIpc) is 3.14. The molecule has 2 aromatic heterocycles. The van der Waals surface area contributed by atoms with E-state index in [0.717, 1.165) is 23.7 Å². The van der Waals surface area contributed by atoms with Gasteiger partial charge in [-0.25, -0.2) is 4.79 Å². The Bertz CT molecular complexity index is 971. The third-order valence-corrected chi connectivity index (χ3v) is 4.77. The van der Waals surface area contributed by atoms with Crippen LogP contribution in [0.4, 0.5) is 10.5 Å². The SMILES string of the molecule is COc1cc(NC(=O)N2CCC[C@H](c3noc(C)n3)C2)c2ncccc2c1. The normalized spacial score (nSPS) is 17.1. The molecular formula is C19H21N5O3. The van der Waals surface area contributed by atoms with E-state index in [1.165, 1.54) is 0 Å². The summed E-state index contributed by atoms with van der Waals surface area (Å²) >= 11 is 0. The molecule has 0 saturated carbocycles. The third-order valence-electron chi connectivity index (χ3n) is 4.77. The van der Waals surface area contributed by atoms with E-state index in [0.29, 0.717) is 36.2 Å². The van der Waals surface area contributed by atoms with Crippen LogP contribution in [0.3, 0.4) is 0 Å². The van der Waals surface area contributed by atoms with Gasteiger partial charge in [0.05, 0.1) is 18.3 Å². The minimum atomic E-state index is -0.167. The first-order valence-electron chi connectivity index (χ1n) is 8.93. The van der Waals surface area contributed by atoms with Crippen LogP contribution >= 0.6 is 0 Å². The largest absolute Gasteiger partial charge is 0.497 e. The lowest BCUT2D eigenvalue weighted by molar-refractivity contribution is 0.190. The van der Waals surface area contributed by atoms with Gasteiger partial charge in [0, 0.05) is 43.6 Å². The number of methoxy groups -OCH3 is 1. The lowest BCUT2D eigenvalue weighted by atomic mass is 9.97. The summed E-state index contributed by atoms with van der Waals surface area (Å²) in [5.41, 5.74) is 1.36. The van der Waals surface area contributed by atoms with E-state index in [9.17, 15) is 4.79 Å². The minimum absolute atomic E-state index is 0.0853. The lowest BCUT2D eigenvalue weighted by Gasteiger charge is -2.31. The van der Waals surface area contributed by atoms with Crippen LogP contribution < -0.4 is 10.1 Å². The van der Waals surface area contributed by atoms with Crippen molar-refractivity contribution in [3.05, 3.63) is 42.2 Å². The second kappa shape index (κ2) is 7.22. The minimum Gasteiger partial charge on any atom is -0.497 e. The number of amides is 2. The fourth-order valence-electron chi connectivity index (χ4n) is 3.43. The van der Waals surface area contributed by atoms with Gasteiger partial charge in [0.2, 0.25) is 5.89 Å². The first-order chi connectivity index (χ1) is 13.1. The van der Waals surface area contributed by atoms with Gasteiger partial charge < -0.3 is 19.5 Å². The molecule has 3 aromatic rings. The van der Waals surface area contributed by atoms with Crippen LogP contribution in [0.1, 0.15) is 30.5 Å². The number of rotatable bonds is 3. The molecule has 1 atom stereocenters. The molecule has 0 spiro atoms. The van der Waals surface area contributed by atoms with Gasteiger partial charge in [0.25, 0.3) is 0 Å². The maximum atomic E-state index is 12.9. The van der Waals surface area contributed by atoms with Gasteiger partial charge in [0.1, 0.15) is 5.75 Å². The first kappa shape index (κ1) is 17.3. The van der Waals surface area contributed by atoms with Gasteiger partial charge in [0.15, 0.2) is 5.82 Å². The summed E-state index contributed by atoms with van der Waals surface area (Å²) in [4.78, 5) is 23.4. The quantitative estimate of drug-likeness (QED) is 0.763. The highest BCUT2D eigenvalue weighted by Gasteiger charge is 2.28. The van der Waals surface area contributed by atoms with Crippen molar-refractivity contribution >= 4 is 22.6 Å². The summed E-state index contributed by atoms with van der Waals surface area (Å²) in [6.45, 7) is 3.01. The number of hydrogen-bond donors (Lipinski definition) is 1. The number of anilines is 1. The third kappa shape index (κ3) is 3.55. The Morgan fingerprint density at radius 2 is 2.30 bits per heavy atom. The molecule has 140 valence electrons. The van der Waals surface area contributed by atoms with E-state index in [1.54, 1.807) is 31.2 Å². The molecule has 0 bridgehead atoms. The smallest absolute Gasteiger partial charge is 0.321 e. The Morgan fingerprint density at radius 3 is 3.07 bits per heavy atom. The fraction of sp³-hybridized carbons (Fsp3) is 0.368. The number of urea groups is 1. The molecule has 1 N–H and O–H groups in total. The zero-order valence-corrected chi connectivity index (χ0v) is 15.3. The second-order valence-electron chi connectivity index (χ2n) is 6.64. The maximum Gasteiger partial charge on any atom is 0.321 e. The molecule has 4 rings (SSSR count). The van der Waals surface area contributed by atoms with Gasteiger partial charge in [-0.1, -0.05) is 11.2 Å². The maximum absolute atomic E-state index is 12.9. The number of ether oxygens (including phenoxy) is 1. The summed E-state index contributed by atoms with van der Waals surface area (Å²) in [5.74, 6) is 1.96. The summed E-state index contributed by atoms with van der Waals surface area (Å²) in [5, 5.41) is 7.90. The zero-order valence-electron chi connectivity index (χ0n) is 15.3. The van der Waals surface area contributed by atoms with E-state index in [2.05, 4.69) is 20.4 Å². The van der Waals surface area contributed by atoms with Crippen LogP contribution in [0.5, 0.6) is 5.75 Å². The van der Waals surface area contributed by atoms with E-state index in [1.807, 2.05) is 18.2 Å². The van der Waals surface area contributed by atoms with Crippen molar-refractivity contribution < 1.29 is 14.1 Å². The topological polar surface area (TPSA) is 93.4 Å². The van der Waals surface area contributed by atoms with Crippen molar-refractivity contribution in [1.82, 2.24) is 20.0 Å². The molecule has 8 nitrogen and oxygen atoms in total. The van der Waals surface area contributed by atoms with Crippen LogP contribution in [0, 0.1) is 6.92 Å². The Morgan fingerprint density at radius 1 is 1.41 bits per heavy atom. The number of carbonyl (C=O) groups is 1. The van der Waals surface area contributed by atoms with Crippen LogP contribution in [-0.2, 0) is 0 Å². The zero-order chi connectivity index (χ0) is 18.8. The Labute approximate surface area is 156 Å². The molecule has 0 radical (unpaired) electrons. The van der Waals surface area contributed by atoms with Gasteiger partial charge in [-0.05, 0) is 25.0 Å². The van der Waals surface area contributed by atoms with E-state index >= 15 is 0 Å². The molecule has 2 amide bonds. The lowest BCUT2D eigenvalue weighted by Crippen LogP contribution is -2.41. The highest BCUT2D eigenvalue weighted by atomic mass is 16.5. The number of hydrogen-bond acceptors (Lipinski definition) is 6. The molecule has 1 aliphatic heterocycles. The summed E-state index contributed by atoms with van der Waals surface area (Å²) in [7, 11) is 1.60. The molecule has 1 fully saturated rings. The first-order valence-corrected chi connectivity index (χ1v) is 8.93. The standard InChI is InChI=1S/C19H21N5O3/c1-12-21-18(23-27-12)14-6-4-8-24(11-14)19(25)22-16-10-15(26-2)9-13-5-3-7-20-17(13)16/h3,5,7,9-10,14H,4,6,8,11H2,1-2H3,(H,22,25)/t14-/m0/s1. The Balaban J connectivity index is 1.54. The van der Waals surface area contributed by atoms with Crippen molar-refractivity contribution in [2.45, 2.75) is 25.7 Å². The van der Waals surface area contributed by atoms with Crippen LogP contribution in [0.15, 0.2) is 35.0 Å². The molecule has 0 unspecified atom stereocenters. The van der Waals surface area contributed by atoms with Crippen LogP contribution in [0.25, 0.3) is 10.9 Å². The van der Waals surface area contributed by atoms with Crippen LogP contribution in [0.2, 0.25) is 0 Å². The number of piperidine rings is 1. The van der Waals surface area contributed by atoms with E-state index in [4.69, 9.17) is 9.26 Å². The number of carbonyl (C=O) groups excluding carboxylic acids is 1. The van der Waals surface area contributed by atoms with Crippen molar-refractivity contribution in [1.29, 1.82) is 0 Å². The molecular weight excluding hydrogens is 346 g/mol. The molecule has 1 aliphatic rings. The second-order valence-corrected chi connectivity index (χ2v) is 6.64. The van der Waals surface area contributed by atoms with Crippen molar-refractivity contribution in [2.75, 3.05) is 25.5 Å². The number of pyridine rings is 1. The van der Waals surface area contributed by atoms with Crippen LogP contribution in [-0.4, -0.2) is 46.3 Å². The summed E-state index contributed by atoms with van der Waals surface area (Å²) in [6.07, 6.45) is 3.54. The Kier molecular flexibility index (Phi) is 4.62. The van der Waals surface area contributed by atoms with Gasteiger partial charge >= 0.3 is 6.03 Å². The number of nitrogens with zero attached hydrogens (tertiary/aromatic N) is 4. The van der Waals surface area contributed by atoms with Gasteiger partial charge in [-0.15, -0.1) is 0 Å². The van der Waals surface area contributed by atoms with Crippen molar-refractivity contribution in [3.8, 4) is 5.75 Å². The monoisotopic (exact) mass is 367 g/mol. The van der Waals surface area contributed by atoms with E-state index in [-0.39, 0.29) is 11.9 Å². The molecule has 8 heteroatoms. The number of nitrogens with one attached hydrogen (secondary N) is 1. The summed E-state index contributed by atoms with van der Waals surface area (Å²) < 4.78 is 10.4. The van der Waals surface area contributed by atoms with E-state index < -0.39 is 0 Å². The number of aryl methyl sites for hydroxylation is 1.